The van der Waals surface area contributed by atoms with Gasteiger partial charge in [0.05, 0.1) is 19.6 Å². The van der Waals surface area contributed by atoms with Crippen LogP contribution in [-0.4, -0.2) is 32.2 Å². The van der Waals surface area contributed by atoms with Crippen molar-refractivity contribution < 1.29 is 13.9 Å². The zero-order chi connectivity index (χ0) is 16.8. The number of nitrogens with zero attached hydrogens (tertiary/aromatic N) is 1. The highest BCUT2D eigenvalue weighted by molar-refractivity contribution is 5.78. The summed E-state index contributed by atoms with van der Waals surface area (Å²) in [4.78, 5) is 14.4. The number of para-hydroxylation sites is 1. The monoisotopic (exact) mass is 328 g/mol. The predicted octanol–water partition coefficient (Wildman–Crippen LogP) is 2.52. The number of carbonyl (C=O) groups excluding carboxylic acids is 1. The summed E-state index contributed by atoms with van der Waals surface area (Å²) >= 11 is 0. The summed E-state index contributed by atoms with van der Waals surface area (Å²) in [6, 6.07) is 14.1. The normalized spacial score (nSPS) is 14.5. The molecule has 1 aliphatic rings. The molecule has 0 aromatic heterocycles. The quantitative estimate of drug-likeness (QED) is 0.917. The van der Waals surface area contributed by atoms with Gasteiger partial charge in [-0.15, -0.1) is 0 Å². The Bertz CT molecular complexity index is 682. The van der Waals surface area contributed by atoms with Crippen LogP contribution in [0.25, 0.3) is 0 Å². The van der Waals surface area contributed by atoms with Crippen LogP contribution in [0.5, 0.6) is 0 Å². The zero-order valence-corrected chi connectivity index (χ0v) is 13.5. The van der Waals surface area contributed by atoms with E-state index < -0.39 is 0 Å². The third kappa shape index (κ3) is 4.32. The summed E-state index contributed by atoms with van der Waals surface area (Å²) in [7, 11) is 0. The lowest BCUT2D eigenvalue weighted by atomic mass is 10.1. The van der Waals surface area contributed by atoms with Gasteiger partial charge in [0.2, 0.25) is 5.91 Å². The molecule has 0 saturated carbocycles. The number of morpholine rings is 1. The first-order valence-electron chi connectivity index (χ1n) is 8.14. The van der Waals surface area contributed by atoms with Crippen LogP contribution < -0.4 is 10.2 Å². The van der Waals surface area contributed by atoms with E-state index in [1.54, 1.807) is 12.1 Å². The zero-order valence-electron chi connectivity index (χ0n) is 13.5. The van der Waals surface area contributed by atoms with Gasteiger partial charge in [-0.2, -0.15) is 0 Å². The highest BCUT2D eigenvalue weighted by atomic mass is 19.1. The van der Waals surface area contributed by atoms with E-state index in [1.807, 2.05) is 18.2 Å². The second-order valence-electron chi connectivity index (χ2n) is 5.81. The van der Waals surface area contributed by atoms with E-state index in [2.05, 4.69) is 16.3 Å². The van der Waals surface area contributed by atoms with Crippen molar-refractivity contribution >= 4 is 11.6 Å². The van der Waals surface area contributed by atoms with Gasteiger partial charge in [0.15, 0.2) is 0 Å². The SMILES string of the molecule is O=C(Cc1ccc(F)cc1)NCc1ccccc1N1CCOCC1. The van der Waals surface area contributed by atoms with Crippen LogP contribution in [0.2, 0.25) is 0 Å². The molecule has 1 saturated heterocycles. The number of ether oxygens (including phenoxy) is 1. The van der Waals surface area contributed by atoms with Crippen LogP contribution in [0.1, 0.15) is 11.1 Å². The van der Waals surface area contributed by atoms with Gasteiger partial charge in [0, 0.05) is 25.3 Å². The molecule has 0 atom stereocenters. The van der Waals surface area contributed by atoms with E-state index in [-0.39, 0.29) is 18.1 Å². The molecule has 2 aromatic rings. The molecular weight excluding hydrogens is 307 g/mol. The lowest BCUT2D eigenvalue weighted by molar-refractivity contribution is -0.120. The van der Waals surface area contributed by atoms with E-state index >= 15 is 0 Å². The Kier molecular flexibility index (Phi) is 5.43. The Labute approximate surface area is 141 Å². The van der Waals surface area contributed by atoms with Gasteiger partial charge in [0.1, 0.15) is 5.82 Å². The topological polar surface area (TPSA) is 41.6 Å². The molecule has 1 heterocycles. The first-order chi connectivity index (χ1) is 11.7. The summed E-state index contributed by atoms with van der Waals surface area (Å²) < 4.78 is 18.3. The van der Waals surface area contributed by atoms with Crippen molar-refractivity contribution in [2.75, 3.05) is 31.2 Å². The third-order valence-corrected chi connectivity index (χ3v) is 4.10. The Morgan fingerprint density at radius 2 is 1.79 bits per heavy atom. The molecule has 1 amide bonds. The highest BCUT2D eigenvalue weighted by Gasteiger charge is 2.14. The molecule has 2 aromatic carbocycles. The van der Waals surface area contributed by atoms with E-state index in [1.165, 1.54) is 12.1 Å². The van der Waals surface area contributed by atoms with Crippen LogP contribution in [-0.2, 0) is 22.5 Å². The van der Waals surface area contributed by atoms with Crippen molar-refractivity contribution in [2.45, 2.75) is 13.0 Å². The fourth-order valence-electron chi connectivity index (χ4n) is 2.82. The number of halogens is 1. The summed E-state index contributed by atoms with van der Waals surface area (Å²) in [5, 5.41) is 2.95. The molecule has 126 valence electrons. The van der Waals surface area contributed by atoms with Crippen LogP contribution in [0.15, 0.2) is 48.5 Å². The van der Waals surface area contributed by atoms with Crippen molar-refractivity contribution in [1.29, 1.82) is 0 Å². The number of rotatable bonds is 5. The third-order valence-electron chi connectivity index (χ3n) is 4.10. The molecule has 24 heavy (non-hydrogen) atoms. The maximum atomic E-state index is 12.9. The Balaban J connectivity index is 1.59. The largest absolute Gasteiger partial charge is 0.378 e. The van der Waals surface area contributed by atoms with E-state index in [9.17, 15) is 9.18 Å². The van der Waals surface area contributed by atoms with Gasteiger partial charge in [0.25, 0.3) is 0 Å². The van der Waals surface area contributed by atoms with Crippen LogP contribution >= 0.6 is 0 Å². The summed E-state index contributed by atoms with van der Waals surface area (Å²) in [5.41, 5.74) is 3.03. The van der Waals surface area contributed by atoms with Crippen LogP contribution in [0.3, 0.4) is 0 Å². The molecule has 0 spiro atoms. The predicted molar refractivity (Wildman–Crippen MR) is 91.4 cm³/mol. The Hall–Kier alpha value is -2.40. The molecule has 0 unspecified atom stereocenters. The number of hydrogen-bond donors (Lipinski definition) is 1. The van der Waals surface area contributed by atoms with E-state index in [0.717, 1.165) is 43.1 Å². The number of carbonyl (C=O) groups is 1. The minimum atomic E-state index is -0.293. The number of hydrogen-bond acceptors (Lipinski definition) is 3. The molecule has 0 radical (unpaired) electrons. The number of anilines is 1. The van der Waals surface area contributed by atoms with Crippen molar-refractivity contribution in [3.8, 4) is 0 Å². The standard InChI is InChI=1S/C19H21FN2O2/c20-17-7-5-15(6-8-17)13-19(23)21-14-16-3-1-2-4-18(16)22-9-11-24-12-10-22/h1-8H,9-14H2,(H,21,23). The van der Waals surface area contributed by atoms with Crippen molar-refractivity contribution in [3.63, 3.8) is 0 Å². The molecule has 3 rings (SSSR count). The van der Waals surface area contributed by atoms with Gasteiger partial charge in [-0.05, 0) is 29.3 Å². The summed E-state index contributed by atoms with van der Waals surface area (Å²) in [6.45, 7) is 3.66. The fraction of sp³-hybridized carbons (Fsp3) is 0.316. The van der Waals surface area contributed by atoms with Gasteiger partial charge in [-0.3, -0.25) is 4.79 Å². The number of benzene rings is 2. The lowest BCUT2D eigenvalue weighted by Gasteiger charge is -2.30. The Morgan fingerprint density at radius 1 is 1.08 bits per heavy atom. The first kappa shape index (κ1) is 16.5. The van der Waals surface area contributed by atoms with Gasteiger partial charge in [-0.1, -0.05) is 30.3 Å². The Morgan fingerprint density at radius 3 is 2.54 bits per heavy atom. The van der Waals surface area contributed by atoms with Gasteiger partial charge in [-0.25, -0.2) is 4.39 Å². The average Bonchev–Trinajstić information content (AvgIpc) is 2.63. The molecule has 1 N–H and O–H groups in total. The first-order valence-corrected chi connectivity index (χ1v) is 8.14. The maximum Gasteiger partial charge on any atom is 0.224 e. The van der Waals surface area contributed by atoms with Crippen LogP contribution in [0, 0.1) is 5.82 Å². The van der Waals surface area contributed by atoms with Crippen molar-refractivity contribution in [2.24, 2.45) is 0 Å². The summed E-state index contributed by atoms with van der Waals surface area (Å²) in [6.07, 6.45) is 0.250. The smallest absolute Gasteiger partial charge is 0.224 e. The van der Waals surface area contributed by atoms with Crippen molar-refractivity contribution in [3.05, 3.63) is 65.5 Å². The molecule has 0 aliphatic carbocycles. The van der Waals surface area contributed by atoms with Crippen molar-refractivity contribution in [1.82, 2.24) is 5.32 Å². The minimum absolute atomic E-state index is 0.0709. The molecule has 5 heteroatoms. The minimum Gasteiger partial charge on any atom is -0.378 e. The maximum absolute atomic E-state index is 12.9. The van der Waals surface area contributed by atoms with Gasteiger partial charge < -0.3 is 15.0 Å². The average molecular weight is 328 g/mol. The number of nitrogens with one attached hydrogen (secondary N) is 1. The fourth-order valence-corrected chi connectivity index (χ4v) is 2.82. The molecule has 1 fully saturated rings. The molecule has 0 bridgehead atoms. The lowest BCUT2D eigenvalue weighted by Crippen LogP contribution is -2.37. The van der Waals surface area contributed by atoms with E-state index in [4.69, 9.17) is 4.74 Å². The highest BCUT2D eigenvalue weighted by Crippen LogP contribution is 2.21. The second kappa shape index (κ2) is 7.93. The second-order valence-corrected chi connectivity index (χ2v) is 5.81. The van der Waals surface area contributed by atoms with Gasteiger partial charge >= 0.3 is 0 Å². The molecular formula is C19H21FN2O2. The van der Waals surface area contributed by atoms with Crippen LogP contribution in [0.4, 0.5) is 10.1 Å². The van der Waals surface area contributed by atoms with E-state index in [0.29, 0.717) is 6.54 Å². The molecule has 1 aliphatic heterocycles. The number of amides is 1. The summed E-state index contributed by atoms with van der Waals surface area (Å²) in [5.74, 6) is -0.364. The molecule has 4 nitrogen and oxygen atoms in total.